The van der Waals surface area contributed by atoms with Gasteiger partial charge in [-0.05, 0) is 18.2 Å². The van der Waals surface area contributed by atoms with E-state index >= 15 is 0 Å². The minimum absolute atomic E-state index is 0.0642. The molecule has 0 aliphatic rings. The van der Waals surface area contributed by atoms with Crippen molar-refractivity contribution in [3.8, 4) is 12.1 Å². The molecule has 1 aromatic rings. The molecule has 1 aromatic carbocycles. The lowest BCUT2D eigenvalue weighted by molar-refractivity contribution is 0.628. The van der Waals surface area contributed by atoms with Crippen molar-refractivity contribution in [3.63, 3.8) is 0 Å². The van der Waals surface area contributed by atoms with Gasteiger partial charge in [0.1, 0.15) is 18.0 Å². The fraction of sp³-hybridized carbons (Fsp3) is 0. The van der Waals surface area contributed by atoms with Crippen LogP contribution in [0.5, 0.6) is 0 Å². The van der Waals surface area contributed by atoms with Crippen LogP contribution in [0.1, 0.15) is 0 Å². The molecule has 1 rings (SSSR count). The molecule has 6 heteroatoms. The number of hydrogen-bond acceptors (Lipinski definition) is 4. The second-order valence-corrected chi connectivity index (χ2v) is 2.83. The van der Waals surface area contributed by atoms with Crippen LogP contribution in [0.2, 0.25) is 5.02 Å². The quantitative estimate of drug-likeness (QED) is 0.616. The Bertz CT molecular complexity index is 468. The maximum absolute atomic E-state index is 12.7. The van der Waals surface area contributed by atoms with Crippen LogP contribution in [0.4, 0.5) is 10.1 Å². The van der Waals surface area contributed by atoms with Crippen LogP contribution in [-0.4, -0.2) is 5.71 Å². The predicted octanol–water partition coefficient (Wildman–Crippen LogP) is 2.29. The molecular weight excluding hydrogens is 219 g/mol. The minimum Gasteiger partial charge on any atom is -0.276 e. The number of hydrogen-bond donors (Lipinski definition) is 1. The molecule has 0 fully saturated rings. The molecule has 0 heterocycles. The van der Waals surface area contributed by atoms with E-state index < -0.39 is 5.82 Å². The number of nitriles is 2. The van der Waals surface area contributed by atoms with E-state index in [2.05, 4.69) is 10.5 Å². The van der Waals surface area contributed by atoms with Crippen LogP contribution in [0, 0.1) is 28.5 Å². The highest BCUT2D eigenvalue weighted by molar-refractivity contribution is 6.31. The Labute approximate surface area is 90.2 Å². The van der Waals surface area contributed by atoms with Crippen molar-refractivity contribution < 1.29 is 4.39 Å². The number of benzene rings is 1. The lowest BCUT2D eigenvalue weighted by Crippen LogP contribution is -1.96. The third-order valence-electron chi connectivity index (χ3n) is 1.43. The Balaban J connectivity index is 2.84. The van der Waals surface area contributed by atoms with E-state index in [9.17, 15) is 4.39 Å². The van der Waals surface area contributed by atoms with Gasteiger partial charge in [0.15, 0.2) is 0 Å². The molecule has 0 atom stereocenters. The number of nitrogens with one attached hydrogen (secondary N) is 1. The summed E-state index contributed by atoms with van der Waals surface area (Å²) < 4.78 is 12.7. The van der Waals surface area contributed by atoms with E-state index in [0.717, 1.165) is 6.07 Å². The zero-order valence-corrected chi connectivity index (χ0v) is 8.09. The summed E-state index contributed by atoms with van der Waals surface area (Å²) >= 11 is 5.50. The largest absolute Gasteiger partial charge is 0.276 e. The average molecular weight is 223 g/mol. The highest BCUT2D eigenvalue weighted by Gasteiger charge is 2.00. The molecule has 74 valence electrons. The van der Waals surface area contributed by atoms with E-state index in [1.807, 2.05) is 0 Å². The zero-order chi connectivity index (χ0) is 11.3. The first-order valence-electron chi connectivity index (χ1n) is 3.76. The van der Waals surface area contributed by atoms with Gasteiger partial charge in [0.2, 0.25) is 5.71 Å². The monoisotopic (exact) mass is 222 g/mol. The lowest BCUT2D eigenvalue weighted by atomic mass is 10.3. The highest BCUT2D eigenvalue weighted by Crippen LogP contribution is 2.19. The Hall–Kier alpha value is -2.11. The van der Waals surface area contributed by atoms with E-state index in [4.69, 9.17) is 22.1 Å². The van der Waals surface area contributed by atoms with Crippen LogP contribution in [0.25, 0.3) is 0 Å². The van der Waals surface area contributed by atoms with Gasteiger partial charge in [-0.25, -0.2) is 4.39 Å². The van der Waals surface area contributed by atoms with Crippen molar-refractivity contribution in [1.29, 1.82) is 10.5 Å². The first kappa shape index (κ1) is 11.0. The second kappa shape index (κ2) is 4.94. The molecule has 15 heavy (non-hydrogen) atoms. The normalized spacial score (nSPS) is 8.53. The minimum atomic E-state index is -0.549. The maximum atomic E-state index is 12.7. The Morgan fingerprint density at radius 2 is 2.07 bits per heavy atom. The van der Waals surface area contributed by atoms with Gasteiger partial charge in [-0.15, -0.1) is 0 Å². The first-order chi connectivity index (χ1) is 7.17. The van der Waals surface area contributed by atoms with Gasteiger partial charge in [-0.2, -0.15) is 15.6 Å². The van der Waals surface area contributed by atoms with Gasteiger partial charge in [-0.3, -0.25) is 5.43 Å². The summed E-state index contributed by atoms with van der Waals surface area (Å²) in [5.41, 5.74) is 2.48. The number of rotatable bonds is 2. The number of nitrogens with zero attached hydrogens (tertiary/aromatic N) is 3. The summed E-state index contributed by atoms with van der Waals surface area (Å²) in [6.45, 7) is 0. The summed E-state index contributed by atoms with van der Waals surface area (Å²) in [7, 11) is 0. The Morgan fingerprint density at radius 3 is 2.60 bits per heavy atom. The van der Waals surface area contributed by atoms with E-state index in [1.165, 1.54) is 12.1 Å². The van der Waals surface area contributed by atoms with E-state index in [-0.39, 0.29) is 10.7 Å². The van der Waals surface area contributed by atoms with Crippen molar-refractivity contribution in [2.45, 2.75) is 0 Å². The molecular formula is C9H4ClFN4. The fourth-order valence-electron chi connectivity index (χ4n) is 0.761. The van der Waals surface area contributed by atoms with Crippen LogP contribution in [0.15, 0.2) is 23.3 Å². The molecule has 0 aliphatic heterocycles. The summed E-state index contributed by atoms with van der Waals surface area (Å²) in [4.78, 5) is 0. The van der Waals surface area contributed by atoms with Crippen LogP contribution < -0.4 is 5.43 Å². The molecule has 0 radical (unpaired) electrons. The molecule has 1 N–H and O–H groups in total. The predicted molar refractivity (Wildman–Crippen MR) is 53.7 cm³/mol. The third-order valence-corrected chi connectivity index (χ3v) is 1.72. The molecule has 0 unspecified atom stereocenters. The molecule has 0 aromatic heterocycles. The van der Waals surface area contributed by atoms with Crippen molar-refractivity contribution in [1.82, 2.24) is 0 Å². The van der Waals surface area contributed by atoms with Crippen molar-refractivity contribution in [3.05, 3.63) is 29.0 Å². The number of hydrazone groups is 1. The Kier molecular flexibility index (Phi) is 3.61. The zero-order valence-electron chi connectivity index (χ0n) is 7.33. The smallest absolute Gasteiger partial charge is 0.237 e. The summed E-state index contributed by atoms with van der Waals surface area (Å²) in [5, 5.41) is 20.1. The van der Waals surface area contributed by atoms with Gasteiger partial charge in [-0.1, -0.05) is 11.6 Å². The third kappa shape index (κ3) is 2.94. The summed E-state index contributed by atoms with van der Waals surface area (Å²) in [5.74, 6) is -0.549. The van der Waals surface area contributed by atoms with Crippen molar-refractivity contribution in [2.75, 3.05) is 5.43 Å². The molecule has 0 saturated heterocycles. The summed E-state index contributed by atoms with van der Waals surface area (Å²) in [6.07, 6.45) is 0. The fourth-order valence-corrected chi connectivity index (χ4v) is 0.942. The maximum Gasteiger partial charge on any atom is 0.237 e. The van der Waals surface area contributed by atoms with Gasteiger partial charge >= 0.3 is 0 Å². The number of halogens is 2. The average Bonchev–Trinajstić information content (AvgIpc) is 2.24. The van der Waals surface area contributed by atoms with Gasteiger partial charge < -0.3 is 0 Å². The lowest BCUT2D eigenvalue weighted by Gasteiger charge is -2.00. The standard InChI is InChI=1S/C9H4ClFN4/c10-8-3-6(1-2-9(8)11)14-15-7(4-12)5-13/h1-3,14H. The molecule has 4 nitrogen and oxygen atoms in total. The van der Waals surface area contributed by atoms with Gasteiger partial charge in [0.05, 0.1) is 10.7 Å². The van der Waals surface area contributed by atoms with Crippen LogP contribution >= 0.6 is 11.6 Å². The summed E-state index contributed by atoms with van der Waals surface area (Å²) in [6, 6.07) is 6.97. The van der Waals surface area contributed by atoms with E-state index in [0.29, 0.717) is 5.69 Å². The van der Waals surface area contributed by atoms with Crippen LogP contribution in [0.3, 0.4) is 0 Å². The number of anilines is 1. The molecule has 0 bridgehead atoms. The van der Waals surface area contributed by atoms with Gasteiger partial charge in [0, 0.05) is 0 Å². The molecule has 0 spiro atoms. The van der Waals surface area contributed by atoms with Crippen molar-refractivity contribution in [2.24, 2.45) is 5.10 Å². The molecule has 0 aliphatic carbocycles. The second-order valence-electron chi connectivity index (χ2n) is 2.42. The van der Waals surface area contributed by atoms with Crippen LogP contribution in [-0.2, 0) is 0 Å². The molecule has 0 amide bonds. The SMILES string of the molecule is N#CC(C#N)=NNc1ccc(F)c(Cl)c1. The topological polar surface area (TPSA) is 72.0 Å². The Morgan fingerprint density at radius 1 is 1.40 bits per heavy atom. The van der Waals surface area contributed by atoms with Gasteiger partial charge in [0.25, 0.3) is 0 Å². The van der Waals surface area contributed by atoms with Crippen molar-refractivity contribution >= 4 is 23.0 Å². The van der Waals surface area contributed by atoms with E-state index in [1.54, 1.807) is 12.1 Å². The highest BCUT2D eigenvalue weighted by atomic mass is 35.5. The molecule has 0 saturated carbocycles. The first-order valence-corrected chi connectivity index (χ1v) is 4.14.